The van der Waals surface area contributed by atoms with Gasteiger partial charge in [0.25, 0.3) is 0 Å². The van der Waals surface area contributed by atoms with Crippen LogP contribution in [-0.4, -0.2) is 106 Å². The van der Waals surface area contributed by atoms with Crippen molar-refractivity contribution < 1.29 is 48.4 Å². The van der Waals surface area contributed by atoms with Gasteiger partial charge in [0.15, 0.2) is 11.8 Å². The molecule has 3 aliphatic carbocycles. The number of benzene rings is 1. The molecule has 1 unspecified atom stereocenters. The summed E-state index contributed by atoms with van der Waals surface area (Å²) in [7, 11) is 0. The van der Waals surface area contributed by atoms with Gasteiger partial charge in [-0.3, -0.25) is 19.2 Å². The Balaban J connectivity index is 1.14. The number of carbonyl (C=O) groups is 3. The quantitative estimate of drug-likeness (QED) is 0.0840. The SMILES string of the molecule is CCCCCC1(CCCCC)O[C@@H]2[C@H](O1)[C@H]1ON(Cc3ccccc3C=C3CCC4O[C@]4(C)CC[C@@H]4[C@@H]3CC4(C)C)[C@@H]3C(=O)O[C@@H]2C[C@]13C(=O)N[C@@H](C(=O)NCCO)[C@H](C)O. The van der Waals surface area contributed by atoms with Crippen LogP contribution in [0.5, 0.6) is 0 Å². The van der Waals surface area contributed by atoms with Crippen LogP contribution in [0.4, 0.5) is 0 Å². The maximum Gasteiger partial charge on any atom is 0.327 e. The van der Waals surface area contributed by atoms with Crippen LogP contribution < -0.4 is 10.6 Å². The van der Waals surface area contributed by atoms with Crippen molar-refractivity contribution in [1.29, 1.82) is 0 Å². The van der Waals surface area contributed by atoms with Crippen molar-refractivity contribution in [3.05, 3.63) is 41.0 Å². The molecule has 7 aliphatic rings. The predicted molar refractivity (Wildman–Crippen MR) is 227 cm³/mol. The first-order chi connectivity index (χ1) is 29.2. The molecule has 7 fully saturated rings. The predicted octanol–water partition coefficient (Wildman–Crippen LogP) is 5.88. The molecule has 1 aromatic carbocycles. The zero-order valence-electron chi connectivity index (χ0n) is 37.3. The van der Waals surface area contributed by atoms with Gasteiger partial charge >= 0.3 is 5.97 Å². The molecule has 1 aromatic rings. The first-order valence-corrected chi connectivity index (χ1v) is 23.5. The number of epoxide rings is 1. The van der Waals surface area contributed by atoms with E-state index in [0.29, 0.717) is 24.7 Å². The van der Waals surface area contributed by atoms with Crippen LogP contribution in [0.1, 0.15) is 143 Å². The van der Waals surface area contributed by atoms with E-state index in [-0.39, 0.29) is 43.2 Å². The summed E-state index contributed by atoms with van der Waals surface area (Å²) in [6.45, 7) is 12.6. The number of nitrogens with one attached hydrogen (secondary N) is 2. The number of nitrogens with zero attached hydrogens (tertiary/aromatic N) is 1. The van der Waals surface area contributed by atoms with Crippen LogP contribution in [0, 0.1) is 22.7 Å². The number of ether oxygens (including phenoxy) is 4. The van der Waals surface area contributed by atoms with Crippen molar-refractivity contribution in [3.63, 3.8) is 0 Å². The number of fused-ring (bicyclic) bond motifs is 6. The Hall–Kier alpha value is -2.91. The fourth-order valence-electron chi connectivity index (χ4n) is 12.1. The number of aliphatic hydroxyl groups excluding tert-OH is 2. The van der Waals surface area contributed by atoms with Gasteiger partial charge in [0.1, 0.15) is 35.9 Å². The van der Waals surface area contributed by atoms with Gasteiger partial charge in [0.05, 0.1) is 31.0 Å². The average Bonchev–Trinajstić information content (AvgIpc) is 3.50. The highest BCUT2D eigenvalue weighted by atomic mass is 16.8. The van der Waals surface area contributed by atoms with E-state index < -0.39 is 71.6 Å². The lowest BCUT2D eigenvalue weighted by Crippen LogP contribution is -2.71. The van der Waals surface area contributed by atoms with Gasteiger partial charge in [-0.05, 0) is 87.2 Å². The highest BCUT2D eigenvalue weighted by molar-refractivity contribution is 5.96. The van der Waals surface area contributed by atoms with Crippen LogP contribution in [0.25, 0.3) is 6.08 Å². The van der Waals surface area contributed by atoms with E-state index in [1.165, 1.54) is 12.5 Å². The second kappa shape index (κ2) is 17.6. The zero-order valence-corrected chi connectivity index (χ0v) is 37.3. The van der Waals surface area contributed by atoms with Crippen molar-refractivity contribution in [3.8, 4) is 0 Å². The summed E-state index contributed by atoms with van der Waals surface area (Å²) in [5, 5.41) is 27.2. The van der Waals surface area contributed by atoms with Crippen molar-refractivity contribution in [2.24, 2.45) is 22.7 Å². The molecule has 8 rings (SSSR count). The minimum Gasteiger partial charge on any atom is -0.458 e. The number of rotatable bonds is 17. The minimum atomic E-state index is -1.54. The lowest BCUT2D eigenvalue weighted by molar-refractivity contribution is -0.224. The summed E-state index contributed by atoms with van der Waals surface area (Å²) in [5.74, 6) is -1.69. The van der Waals surface area contributed by atoms with E-state index in [1.54, 1.807) is 5.06 Å². The molecule has 338 valence electrons. The lowest BCUT2D eigenvalue weighted by atomic mass is 9.52. The molecule has 3 saturated carbocycles. The number of hydroxylamine groups is 2. The van der Waals surface area contributed by atoms with Crippen molar-refractivity contribution in [1.82, 2.24) is 15.7 Å². The van der Waals surface area contributed by atoms with Crippen LogP contribution in [0.15, 0.2) is 29.8 Å². The van der Waals surface area contributed by atoms with Gasteiger partial charge in [0.2, 0.25) is 11.8 Å². The molecule has 4 heterocycles. The summed E-state index contributed by atoms with van der Waals surface area (Å²) in [4.78, 5) is 49.9. The summed E-state index contributed by atoms with van der Waals surface area (Å²) in [5.41, 5.74) is 2.14. The van der Waals surface area contributed by atoms with Gasteiger partial charge in [-0.1, -0.05) is 89.3 Å². The Morgan fingerprint density at radius 3 is 2.39 bits per heavy atom. The minimum absolute atomic E-state index is 0.0144. The van der Waals surface area contributed by atoms with Crippen LogP contribution in [-0.2, 0) is 44.7 Å². The normalized spacial score (nSPS) is 37.1. The van der Waals surface area contributed by atoms with E-state index >= 15 is 4.79 Å². The van der Waals surface area contributed by atoms with Gasteiger partial charge in [-0.25, -0.2) is 0 Å². The molecule has 4 N–H and O–H groups in total. The molecule has 13 nitrogen and oxygen atoms in total. The largest absolute Gasteiger partial charge is 0.458 e. The Kier molecular flexibility index (Phi) is 12.9. The van der Waals surface area contributed by atoms with Gasteiger partial charge in [0, 0.05) is 25.8 Å². The Labute approximate surface area is 361 Å². The lowest BCUT2D eigenvalue weighted by Gasteiger charge is -2.53. The smallest absolute Gasteiger partial charge is 0.327 e. The number of aliphatic hydroxyl groups is 2. The summed E-state index contributed by atoms with van der Waals surface area (Å²) in [6.07, 6.45) is 10.9. The van der Waals surface area contributed by atoms with Crippen LogP contribution in [0.3, 0.4) is 0 Å². The molecule has 4 saturated heterocycles. The third-order valence-electron chi connectivity index (χ3n) is 15.6. The average molecular weight is 850 g/mol. The third kappa shape index (κ3) is 8.35. The maximum absolute atomic E-state index is 15.1. The molecule has 12 atom stereocenters. The molecule has 61 heavy (non-hydrogen) atoms. The number of hydrogen-bond acceptors (Lipinski definition) is 11. The van der Waals surface area contributed by atoms with Crippen molar-refractivity contribution >= 4 is 23.9 Å². The number of esters is 1. The molecule has 2 bridgehead atoms. The van der Waals surface area contributed by atoms with Crippen LogP contribution >= 0.6 is 0 Å². The Bertz CT molecular complexity index is 1810. The molecule has 0 radical (unpaired) electrons. The Morgan fingerprint density at radius 1 is 0.984 bits per heavy atom. The highest BCUT2D eigenvalue weighted by Crippen LogP contribution is 2.61. The molecule has 0 spiro atoms. The van der Waals surface area contributed by atoms with E-state index in [2.05, 4.69) is 63.5 Å². The van der Waals surface area contributed by atoms with Crippen molar-refractivity contribution in [2.45, 2.75) is 198 Å². The molecular formula is C48H71N3O10. The van der Waals surface area contributed by atoms with Gasteiger partial charge < -0.3 is 39.8 Å². The molecule has 2 amide bonds. The topological polar surface area (TPSA) is 168 Å². The summed E-state index contributed by atoms with van der Waals surface area (Å²) in [6, 6.07) is 5.68. The number of amides is 2. The Morgan fingerprint density at radius 2 is 1.70 bits per heavy atom. The summed E-state index contributed by atoms with van der Waals surface area (Å²) < 4.78 is 26.5. The molecular weight excluding hydrogens is 779 g/mol. The van der Waals surface area contributed by atoms with E-state index in [1.807, 2.05) is 12.1 Å². The fraction of sp³-hybridized carbons (Fsp3) is 0.771. The first kappa shape index (κ1) is 44.7. The number of hydrogen-bond donors (Lipinski definition) is 4. The van der Waals surface area contributed by atoms with Crippen LogP contribution in [0.2, 0.25) is 0 Å². The molecule has 13 heteroatoms. The second-order valence-electron chi connectivity index (χ2n) is 20.2. The van der Waals surface area contributed by atoms with E-state index in [9.17, 15) is 19.8 Å². The number of unbranched alkanes of at least 4 members (excludes halogenated alkanes) is 4. The van der Waals surface area contributed by atoms with Gasteiger partial charge in [-0.2, -0.15) is 5.06 Å². The van der Waals surface area contributed by atoms with Crippen molar-refractivity contribution in [2.75, 3.05) is 13.2 Å². The monoisotopic (exact) mass is 850 g/mol. The number of allylic oxidation sites excluding steroid dienone is 1. The zero-order chi connectivity index (χ0) is 43.3. The molecule has 0 aromatic heterocycles. The molecule has 4 aliphatic heterocycles. The highest BCUT2D eigenvalue weighted by Gasteiger charge is 2.76. The third-order valence-corrected chi connectivity index (χ3v) is 15.6. The number of carbonyl (C=O) groups excluding carboxylic acids is 3. The van der Waals surface area contributed by atoms with E-state index in [0.717, 1.165) is 81.8 Å². The second-order valence-corrected chi connectivity index (χ2v) is 20.2. The van der Waals surface area contributed by atoms with E-state index in [4.69, 9.17) is 23.8 Å². The first-order valence-electron chi connectivity index (χ1n) is 23.5. The maximum atomic E-state index is 15.1. The van der Waals surface area contributed by atoms with Gasteiger partial charge in [-0.15, -0.1) is 0 Å². The summed E-state index contributed by atoms with van der Waals surface area (Å²) >= 11 is 0. The fourth-order valence-corrected chi connectivity index (χ4v) is 12.1. The standard InChI is InChI=1S/C48H71N3O10/c1-7-9-13-20-47(21-14-10-8-2)59-38-35-27-48(44(56)50-37(29(3)53)42(54)49-23-24-52)40(43(55)57-35)51(61-41(48)39(38)60-47)28-32-16-12-11-15-30(32)25-31-17-18-36-46(6,58-36)22-19-34-33(31)26-45(34,4)5/h11-12,15-16,25,29,33-41,52-53H,7-10,13-14,17-24,26-28H2,1-6H3,(H,49,54)(H,50,56)/t29-,33+,34+,35+,36?,37+,38-,39-,40+,41+,46+,48+/m0/s1.